The molecule has 1 aromatic rings. The fourth-order valence-corrected chi connectivity index (χ4v) is 2.24. The van der Waals surface area contributed by atoms with Gasteiger partial charge in [0.2, 0.25) is 0 Å². The number of hydrogen-bond acceptors (Lipinski definition) is 3. The zero-order valence-corrected chi connectivity index (χ0v) is 10.2. The number of aliphatic hydroxyl groups excluding tert-OH is 1. The van der Waals surface area contributed by atoms with Gasteiger partial charge >= 0.3 is 0 Å². The molecule has 3 nitrogen and oxygen atoms in total. The molecule has 0 saturated heterocycles. The van der Waals surface area contributed by atoms with Gasteiger partial charge in [0.25, 0.3) is 0 Å². The molecule has 3 heteroatoms. The first kappa shape index (κ1) is 12.1. The molecule has 92 valence electrons. The molecule has 2 rings (SSSR count). The molecule has 1 aliphatic carbocycles. The lowest BCUT2D eigenvalue weighted by Gasteiger charge is -2.18. The van der Waals surface area contributed by atoms with Gasteiger partial charge in [-0.05, 0) is 49.8 Å². The van der Waals surface area contributed by atoms with Crippen LogP contribution < -0.4 is 0 Å². The number of aliphatic imine (C=N–C) groups is 1. The fraction of sp³-hybridized carbons (Fsp3) is 0.500. The topological polar surface area (TPSA) is 52.8 Å². The van der Waals surface area contributed by atoms with Crippen LogP contribution in [-0.2, 0) is 12.8 Å². The average molecular weight is 233 g/mol. The predicted molar refractivity (Wildman–Crippen MR) is 68.9 cm³/mol. The van der Waals surface area contributed by atoms with E-state index >= 15 is 0 Å². The molecule has 0 aliphatic heterocycles. The minimum absolute atomic E-state index is 0.0340. The van der Waals surface area contributed by atoms with Gasteiger partial charge in [-0.25, -0.2) is 0 Å². The van der Waals surface area contributed by atoms with Crippen molar-refractivity contribution in [2.45, 2.75) is 38.6 Å². The van der Waals surface area contributed by atoms with Crippen molar-refractivity contribution in [2.24, 2.45) is 4.99 Å². The van der Waals surface area contributed by atoms with E-state index in [2.05, 4.69) is 4.99 Å². The normalized spacial score (nSPS) is 17.1. The molecule has 1 aliphatic rings. The molecule has 2 N–H and O–H groups in total. The Morgan fingerprint density at radius 2 is 2.12 bits per heavy atom. The highest BCUT2D eigenvalue weighted by Crippen LogP contribution is 2.29. The number of rotatable bonds is 3. The van der Waals surface area contributed by atoms with Crippen molar-refractivity contribution < 1.29 is 10.2 Å². The Morgan fingerprint density at radius 1 is 1.35 bits per heavy atom. The molecular weight excluding hydrogens is 214 g/mol. The fourth-order valence-electron chi connectivity index (χ4n) is 2.24. The molecule has 1 aromatic carbocycles. The van der Waals surface area contributed by atoms with E-state index in [1.807, 2.05) is 13.0 Å². The number of hydrogen-bond donors (Lipinski definition) is 2. The van der Waals surface area contributed by atoms with E-state index in [1.165, 1.54) is 24.0 Å². The van der Waals surface area contributed by atoms with Gasteiger partial charge in [0.05, 0.1) is 12.6 Å². The van der Waals surface area contributed by atoms with Gasteiger partial charge in [-0.2, -0.15) is 0 Å². The molecule has 0 fully saturated rings. The van der Waals surface area contributed by atoms with Crippen LogP contribution in [0.5, 0.6) is 5.75 Å². The lowest BCUT2D eigenvalue weighted by atomic mass is 9.88. The lowest BCUT2D eigenvalue weighted by Crippen LogP contribution is -2.08. The van der Waals surface area contributed by atoms with Crippen LogP contribution in [0.1, 0.15) is 36.5 Å². The number of benzene rings is 1. The van der Waals surface area contributed by atoms with E-state index in [1.54, 1.807) is 12.3 Å². The van der Waals surface area contributed by atoms with E-state index in [0.717, 1.165) is 18.4 Å². The summed E-state index contributed by atoms with van der Waals surface area (Å²) in [7, 11) is 0. The Labute approximate surface area is 102 Å². The smallest absolute Gasteiger partial charge is 0.124 e. The van der Waals surface area contributed by atoms with Crippen LogP contribution >= 0.6 is 0 Å². The lowest BCUT2D eigenvalue weighted by molar-refractivity contribution is 0.275. The summed E-state index contributed by atoms with van der Waals surface area (Å²) in [6.45, 7) is 1.88. The van der Waals surface area contributed by atoms with Gasteiger partial charge in [0.15, 0.2) is 0 Å². The standard InChI is InChI=1S/C14H19NO2/c1-10(9-16)15-8-13-12-5-3-2-4-11(12)6-7-14(13)17/h6-8,10,16-17H,2-5,9H2,1H3. The summed E-state index contributed by atoms with van der Waals surface area (Å²) in [6.07, 6.45) is 6.21. The number of phenols is 1. The second kappa shape index (κ2) is 5.32. The molecular formula is C14H19NO2. The first-order valence-electron chi connectivity index (χ1n) is 6.20. The minimum atomic E-state index is -0.117. The van der Waals surface area contributed by atoms with Gasteiger partial charge in [0.1, 0.15) is 5.75 Å². The number of phenolic OH excluding ortho intramolecular Hbond substituents is 1. The van der Waals surface area contributed by atoms with Crippen molar-refractivity contribution in [2.75, 3.05) is 6.61 Å². The van der Waals surface area contributed by atoms with Crippen LogP contribution in [-0.4, -0.2) is 29.1 Å². The summed E-state index contributed by atoms with van der Waals surface area (Å²) in [5.74, 6) is 0.291. The summed E-state index contributed by atoms with van der Waals surface area (Å²) in [5, 5.41) is 18.8. The van der Waals surface area contributed by atoms with Crippen LogP contribution in [0.25, 0.3) is 0 Å². The van der Waals surface area contributed by atoms with Crippen molar-refractivity contribution >= 4 is 6.21 Å². The maximum atomic E-state index is 9.90. The van der Waals surface area contributed by atoms with Crippen LogP contribution in [0, 0.1) is 0 Å². The molecule has 0 amide bonds. The molecule has 0 heterocycles. The summed E-state index contributed by atoms with van der Waals surface area (Å²) < 4.78 is 0. The number of aromatic hydroxyl groups is 1. The van der Waals surface area contributed by atoms with E-state index in [9.17, 15) is 5.11 Å². The highest BCUT2D eigenvalue weighted by atomic mass is 16.3. The van der Waals surface area contributed by atoms with E-state index in [4.69, 9.17) is 5.11 Å². The number of aliphatic hydroxyl groups is 1. The predicted octanol–water partition coefficient (Wildman–Crippen LogP) is 2.07. The Bertz CT molecular complexity index is 426. The Kier molecular flexibility index (Phi) is 3.79. The summed E-state index contributed by atoms with van der Waals surface area (Å²) in [4.78, 5) is 4.25. The Balaban J connectivity index is 2.34. The second-order valence-electron chi connectivity index (χ2n) is 4.65. The Hall–Kier alpha value is -1.35. The van der Waals surface area contributed by atoms with E-state index in [0.29, 0.717) is 5.75 Å². The van der Waals surface area contributed by atoms with Crippen molar-refractivity contribution in [3.63, 3.8) is 0 Å². The van der Waals surface area contributed by atoms with Crippen molar-refractivity contribution in [3.8, 4) is 5.75 Å². The van der Waals surface area contributed by atoms with Crippen LogP contribution in [0.15, 0.2) is 17.1 Å². The molecule has 1 atom stereocenters. The highest BCUT2D eigenvalue weighted by Gasteiger charge is 2.15. The van der Waals surface area contributed by atoms with Gasteiger partial charge < -0.3 is 10.2 Å². The van der Waals surface area contributed by atoms with Crippen molar-refractivity contribution in [3.05, 3.63) is 28.8 Å². The zero-order chi connectivity index (χ0) is 12.3. The van der Waals surface area contributed by atoms with Crippen LogP contribution in [0.4, 0.5) is 0 Å². The number of nitrogens with zero attached hydrogens (tertiary/aromatic N) is 1. The molecule has 0 bridgehead atoms. The summed E-state index contributed by atoms with van der Waals surface area (Å²) in [6, 6.07) is 3.64. The average Bonchev–Trinajstić information content (AvgIpc) is 2.37. The van der Waals surface area contributed by atoms with Crippen molar-refractivity contribution in [1.29, 1.82) is 0 Å². The first-order valence-corrected chi connectivity index (χ1v) is 6.20. The molecule has 1 unspecified atom stereocenters. The number of fused-ring (bicyclic) bond motifs is 1. The number of aryl methyl sites for hydroxylation is 1. The molecule has 0 radical (unpaired) electrons. The summed E-state index contributed by atoms with van der Waals surface area (Å²) >= 11 is 0. The monoisotopic (exact) mass is 233 g/mol. The molecule has 0 aromatic heterocycles. The van der Waals surface area contributed by atoms with Crippen LogP contribution in [0.3, 0.4) is 0 Å². The van der Waals surface area contributed by atoms with E-state index in [-0.39, 0.29) is 12.6 Å². The first-order chi connectivity index (χ1) is 8.22. The molecule has 17 heavy (non-hydrogen) atoms. The molecule has 0 saturated carbocycles. The third-order valence-corrected chi connectivity index (χ3v) is 3.28. The van der Waals surface area contributed by atoms with Gasteiger partial charge in [0, 0.05) is 11.8 Å². The van der Waals surface area contributed by atoms with Gasteiger partial charge in [-0.15, -0.1) is 0 Å². The molecule has 0 spiro atoms. The van der Waals surface area contributed by atoms with Crippen LogP contribution in [0.2, 0.25) is 0 Å². The van der Waals surface area contributed by atoms with Gasteiger partial charge in [-0.1, -0.05) is 6.07 Å². The maximum absolute atomic E-state index is 9.90. The van der Waals surface area contributed by atoms with Crippen molar-refractivity contribution in [1.82, 2.24) is 0 Å². The minimum Gasteiger partial charge on any atom is -0.507 e. The third kappa shape index (κ3) is 2.67. The maximum Gasteiger partial charge on any atom is 0.124 e. The van der Waals surface area contributed by atoms with E-state index < -0.39 is 0 Å². The third-order valence-electron chi connectivity index (χ3n) is 3.28. The highest BCUT2D eigenvalue weighted by molar-refractivity contribution is 5.86. The largest absolute Gasteiger partial charge is 0.507 e. The quantitative estimate of drug-likeness (QED) is 0.785. The second-order valence-corrected chi connectivity index (χ2v) is 4.65. The zero-order valence-electron chi connectivity index (χ0n) is 10.2. The summed E-state index contributed by atoms with van der Waals surface area (Å²) in [5.41, 5.74) is 3.39. The van der Waals surface area contributed by atoms with Gasteiger partial charge in [-0.3, -0.25) is 4.99 Å². The Morgan fingerprint density at radius 3 is 2.88 bits per heavy atom. The SMILES string of the molecule is CC(CO)N=Cc1c(O)ccc2c1CCCC2.